The van der Waals surface area contributed by atoms with E-state index in [0.717, 1.165) is 0 Å². The monoisotopic (exact) mass is 598 g/mol. The quantitative estimate of drug-likeness (QED) is 0.113. The molecule has 0 aliphatic heterocycles. The molecule has 0 saturated heterocycles. The van der Waals surface area contributed by atoms with Gasteiger partial charge in [0.25, 0.3) is 0 Å². The Labute approximate surface area is 258 Å². The molecule has 0 radical (unpaired) electrons. The average Bonchev–Trinajstić information content (AvgIpc) is 3.06. The van der Waals surface area contributed by atoms with E-state index in [1.165, 1.54) is 63.4 Å². The summed E-state index contributed by atoms with van der Waals surface area (Å²) in [7, 11) is 0. The first-order valence-electron chi connectivity index (χ1n) is 16.6. The van der Waals surface area contributed by atoms with Gasteiger partial charge in [0.2, 0.25) is 0 Å². The van der Waals surface area contributed by atoms with Crippen LogP contribution in [0.25, 0.3) is 0 Å². The van der Waals surface area contributed by atoms with Gasteiger partial charge in [-0.3, -0.25) is 0 Å². The molecule has 0 aliphatic rings. The summed E-state index contributed by atoms with van der Waals surface area (Å²) < 4.78 is 0. The second-order valence-electron chi connectivity index (χ2n) is 13.4. The Morgan fingerprint density at radius 3 is 1.19 bits per heavy atom. The average molecular weight is 599 g/mol. The molecule has 42 heavy (non-hydrogen) atoms. The van der Waals surface area contributed by atoms with Gasteiger partial charge in [-0.2, -0.15) is 0 Å². The Bertz CT molecular complexity index is 1270. The van der Waals surface area contributed by atoms with Crippen LogP contribution in [-0.2, 0) is 0 Å². The number of unbranched alkanes of at least 4 members (excludes halogenated alkanes) is 2. The number of hydrogen-bond donors (Lipinski definition) is 0. The molecule has 4 aromatic rings. The molecule has 0 bridgehead atoms. The molecule has 0 spiro atoms. The number of hydrogen-bond acceptors (Lipinski definition) is 0. The van der Waals surface area contributed by atoms with E-state index in [1.54, 1.807) is 21.2 Å². The molecule has 1 unspecified atom stereocenters. The zero-order valence-corrected chi connectivity index (χ0v) is 28.9. The van der Waals surface area contributed by atoms with Gasteiger partial charge >= 0.3 is 259 Å². The molecule has 1 atom stereocenters. The summed E-state index contributed by atoms with van der Waals surface area (Å²) in [6, 6.07) is 46.7. The SMILES string of the molecule is CCCCP(C)(CCCC(CC)P(C)(CCCC)(c1ccccc1)c1ccccc1)(c1ccccc1)c1ccccc1. The Morgan fingerprint density at radius 1 is 0.452 bits per heavy atom. The summed E-state index contributed by atoms with van der Waals surface area (Å²) in [5.74, 6) is 0. The first-order valence-corrected chi connectivity index (χ1v) is 22.6. The van der Waals surface area contributed by atoms with E-state index < -0.39 is 13.2 Å². The first-order chi connectivity index (χ1) is 20.3. The molecule has 0 fully saturated rings. The first kappa shape index (κ1) is 32.6. The van der Waals surface area contributed by atoms with Crippen LogP contribution in [0.4, 0.5) is 0 Å². The zero-order chi connectivity index (χ0) is 30.0. The van der Waals surface area contributed by atoms with Crippen molar-refractivity contribution in [2.45, 2.75) is 71.4 Å². The molecule has 4 rings (SSSR count). The Morgan fingerprint density at radius 2 is 0.810 bits per heavy atom. The van der Waals surface area contributed by atoms with E-state index in [2.05, 4.69) is 155 Å². The van der Waals surface area contributed by atoms with Crippen LogP contribution in [0.3, 0.4) is 0 Å². The molecule has 0 N–H and O–H groups in total. The third-order valence-corrected chi connectivity index (χ3v) is 25.1. The van der Waals surface area contributed by atoms with Crippen molar-refractivity contribution < 1.29 is 0 Å². The number of benzene rings is 4. The van der Waals surface area contributed by atoms with Gasteiger partial charge in [0, 0.05) is 0 Å². The second-order valence-corrected chi connectivity index (χ2v) is 25.4. The summed E-state index contributed by atoms with van der Waals surface area (Å²) in [4.78, 5) is 0. The maximum absolute atomic E-state index is 2.75. The van der Waals surface area contributed by atoms with Crippen LogP contribution in [0, 0.1) is 0 Å². The van der Waals surface area contributed by atoms with Gasteiger partial charge in [-0.1, -0.05) is 0 Å². The van der Waals surface area contributed by atoms with Crippen LogP contribution < -0.4 is 21.2 Å². The van der Waals surface area contributed by atoms with Gasteiger partial charge in [0.1, 0.15) is 0 Å². The molecule has 0 heterocycles. The van der Waals surface area contributed by atoms with Crippen LogP contribution >= 0.6 is 13.2 Å². The Balaban J connectivity index is 1.82. The summed E-state index contributed by atoms with van der Waals surface area (Å²) in [5.41, 5.74) is 0.666. The molecule has 0 amide bonds. The van der Waals surface area contributed by atoms with Crippen molar-refractivity contribution >= 4 is 34.4 Å². The Hall–Kier alpha value is -2.26. The van der Waals surface area contributed by atoms with Gasteiger partial charge in [-0.15, -0.1) is 0 Å². The molecular weight excluding hydrogens is 542 g/mol. The topological polar surface area (TPSA) is 0 Å². The molecule has 4 aromatic carbocycles. The minimum absolute atomic E-state index is 0.666. The van der Waals surface area contributed by atoms with Crippen molar-refractivity contribution in [3.05, 3.63) is 121 Å². The molecule has 0 nitrogen and oxygen atoms in total. The van der Waals surface area contributed by atoms with E-state index in [1.807, 2.05) is 0 Å². The van der Waals surface area contributed by atoms with Crippen LogP contribution in [0.15, 0.2) is 121 Å². The normalized spacial score (nSPS) is 14.8. The third kappa shape index (κ3) is 6.05. The standard InChI is InChI=1S/C40H56P2/c1-6-9-33-41(4,37-24-15-11-16-25-37,38-26-17-12-18-27-38)34-23-32-36(8-3)42(5,35-10-7-2,39-28-19-13-20-29-39)40-30-21-14-22-31-40/h11-22,24-31,36H,6-10,23,32-35H2,1-5H3. The van der Waals surface area contributed by atoms with E-state index >= 15 is 0 Å². The van der Waals surface area contributed by atoms with E-state index in [0.29, 0.717) is 5.66 Å². The fraction of sp³-hybridized carbons (Fsp3) is 0.400. The van der Waals surface area contributed by atoms with Gasteiger partial charge in [-0.25, -0.2) is 0 Å². The van der Waals surface area contributed by atoms with E-state index in [4.69, 9.17) is 0 Å². The third-order valence-electron chi connectivity index (χ3n) is 10.9. The van der Waals surface area contributed by atoms with Crippen molar-refractivity contribution in [1.82, 2.24) is 0 Å². The fourth-order valence-electron chi connectivity index (χ4n) is 8.15. The molecule has 0 aliphatic carbocycles. The van der Waals surface area contributed by atoms with Crippen molar-refractivity contribution in [3.63, 3.8) is 0 Å². The molecule has 2 heteroatoms. The van der Waals surface area contributed by atoms with Crippen molar-refractivity contribution in [3.8, 4) is 0 Å². The van der Waals surface area contributed by atoms with Crippen LogP contribution in [0.1, 0.15) is 65.7 Å². The van der Waals surface area contributed by atoms with Gasteiger partial charge in [0.15, 0.2) is 0 Å². The van der Waals surface area contributed by atoms with E-state index in [-0.39, 0.29) is 0 Å². The summed E-state index contributed by atoms with van der Waals surface area (Å²) in [6.07, 6.45) is 12.7. The zero-order valence-electron chi connectivity index (χ0n) is 27.1. The minimum atomic E-state index is -2.51. The summed E-state index contributed by atoms with van der Waals surface area (Å²) in [5, 5.41) is 6.42. The predicted molar refractivity (Wildman–Crippen MR) is 198 cm³/mol. The van der Waals surface area contributed by atoms with Crippen molar-refractivity contribution in [1.29, 1.82) is 0 Å². The van der Waals surface area contributed by atoms with Crippen LogP contribution in [0.5, 0.6) is 0 Å². The summed E-state index contributed by atoms with van der Waals surface area (Å²) in [6.45, 7) is 7.74. The van der Waals surface area contributed by atoms with Gasteiger partial charge in [0.05, 0.1) is 0 Å². The van der Waals surface area contributed by atoms with Crippen molar-refractivity contribution in [2.24, 2.45) is 0 Å². The predicted octanol–water partition coefficient (Wildman–Crippen LogP) is 9.81. The van der Waals surface area contributed by atoms with Crippen LogP contribution in [0.2, 0.25) is 0 Å². The van der Waals surface area contributed by atoms with Crippen LogP contribution in [-0.4, -0.2) is 37.5 Å². The number of rotatable bonds is 16. The Kier molecular flexibility index (Phi) is 10.9. The maximum atomic E-state index is 2.75. The summed E-state index contributed by atoms with van der Waals surface area (Å²) >= 11 is 0. The van der Waals surface area contributed by atoms with Gasteiger partial charge < -0.3 is 0 Å². The molecule has 0 saturated carbocycles. The second kappa shape index (κ2) is 14.0. The van der Waals surface area contributed by atoms with E-state index in [9.17, 15) is 0 Å². The fourth-order valence-corrected chi connectivity index (χ4v) is 21.0. The molecular formula is C40H56P2. The van der Waals surface area contributed by atoms with Gasteiger partial charge in [-0.05, 0) is 0 Å². The molecule has 226 valence electrons. The van der Waals surface area contributed by atoms with Crippen molar-refractivity contribution in [2.75, 3.05) is 31.8 Å². The molecule has 0 aromatic heterocycles.